The number of methoxy groups -OCH3 is 2. The Morgan fingerprint density at radius 2 is 1.44 bits per heavy atom. The van der Waals surface area contributed by atoms with Gasteiger partial charge >= 0.3 is 6.03 Å². The zero-order valence-corrected chi connectivity index (χ0v) is 16.0. The van der Waals surface area contributed by atoms with E-state index >= 15 is 0 Å². The highest BCUT2D eigenvalue weighted by Crippen LogP contribution is 2.16. The maximum Gasteiger partial charge on any atom is 0.321 e. The fraction of sp³-hybridized carbons (Fsp3) is 0.381. The molecular weight excluding hydrogens is 342 g/mol. The summed E-state index contributed by atoms with van der Waals surface area (Å²) in [5.74, 6) is 1.66. The third kappa shape index (κ3) is 5.37. The van der Waals surface area contributed by atoms with Crippen molar-refractivity contribution in [2.75, 3.05) is 52.3 Å². The first-order valence-corrected chi connectivity index (χ1v) is 9.23. The second-order valence-corrected chi connectivity index (χ2v) is 6.59. The predicted octanol–water partition coefficient (Wildman–Crippen LogP) is 3.10. The highest BCUT2D eigenvalue weighted by atomic mass is 16.5. The van der Waals surface area contributed by atoms with Gasteiger partial charge in [0.05, 0.1) is 14.2 Å². The van der Waals surface area contributed by atoms with Crippen molar-refractivity contribution in [3.8, 4) is 11.5 Å². The standard InChI is InChI=1S/C21H27N3O3/c1-26-19-7-3-17(4-8-19)11-12-23-13-15-24(16-14-23)21(25)22-18-5-9-20(27-2)10-6-18/h3-10H,11-16H2,1-2H3,(H,22,25). The van der Waals surface area contributed by atoms with Crippen LogP contribution in [-0.4, -0.2) is 62.8 Å². The predicted molar refractivity (Wildman–Crippen MR) is 107 cm³/mol. The van der Waals surface area contributed by atoms with Crippen molar-refractivity contribution in [3.05, 3.63) is 54.1 Å². The lowest BCUT2D eigenvalue weighted by molar-refractivity contribution is 0.148. The van der Waals surface area contributed by atoms with E-state index in [1.165, 1.54) is 5.56 Å². The molecule has 6 heteroatoms. The molecule has 27 heavy (non-hydrogen) atoms. The van der Waals surface area contributed by atoms with Crippen LogP contribution in [0.25, 0.3) is 0 Å². The fourth-order valence-electron chi connectivity index (χ4n) is 3.13. The summed E-state index contributed by atoms with van der Waals surface area (Å²) in [6.45, 7) is 4.27. The number of urea groups is 1. The van der Waals surface area contributed by atoms with E-state index in [2.05, 4.69) is 22.3 Å². The Hall–Kier alpha value is -2.73. The largest absolute Gasteiger partial charge is 0.497 e. The molecule has 0 spiro atoms. The molecule has 0 saturated carbocycles. The molecule has 1 aliphatic heterocycles. The smallest absolute Gasteiger partial charge is 0.321 e. The highest BCUT2D eigenvalue weighted by Gasteiger charge is 2.20. The molecule has 0 radical (unpaired) electrons. The molecule has 2 aromatic rings. The topological polar surface area (TPSA) is 54.0 Å². The van der Waals surface area contributed by atoms with Crippen LogP contribution in [0.15, 0.2) is 48.5 Å². The van der Waals surface area contributed by atoms with Crippen LogP contribution >= 0.6 is 0 Å². The highest BCUT2D eigenvalue weighted by molar-refractivity contribution is 5.89. The molecule has 1 saturated heterocycles. The molecule has 1 heterocycles. The Morgan fingerprint density at radius 1 is 0.889 bits per heavy atom. The Labute approximate surface area is 160 Å². The zero-order chi connectivity index (χ0) is 19.1. The molecule has 0 aromatic heterocycles. The van der Waals surface area contributed by atoms with Gasteiger partial charge in [0.2, 0.25) is 0 Å². The van der Waals surface area contributed by atoms with Crippen LogP contribution in [0.3, 0.4) is 0 Å². The maximum absolute atomic E-state index is 12.4. The molecule has 1 fully saturated rings. The van der Waals surface area contributed by atoms with Crippen LogP contribution in [0.1, 0.15) is 5.56 Å². The molecule has 2 aromatic carbocycles. The van der Waals surface area contributed by atoms with Crippen LogP contribution in [0.4, 0.5) is 10.5 Å². The maximum atomic E-state index is 12.4. The number of ether oxygens (including phenoxy) is 2. The van der Waals surface area contributed by atoms with Gasteiger partial charge in [-0.1, -0.05) is 12.1 Å². The third-order valence-electron chi connectivity index (χ3n) is 4.88. The Balaban J connectivity index is 1.41. The number of piperazine rings is 1. The zero-order valence-electron chi connectivity index (χ0n) is 16.0. The molecule has 3 rings (SSSR count). The molecule has 1 N–H and O–H groups in total. The minimum absolute atomic E-state index is 0.0463. The summed E-state index contributed by atoms with van der Waals surface area (Å²) in [6, 6.07) is 15.5. The summed E-state index contributed by atoms with van der Waals surface area (Å²) in [5, 5.41) is 2.95. The number of hydrogen-bond acceptors (Lipinski definition) is 4. The van der Waals surface area contributed by atoms with E-state index in [9.17, 15) is 4.79 Å². The van der Waals surface area contributed by atoms with Gasteiger partial charge in [-0.2, -0.15) is 0 Å². The van der Waals surface area contributed by atoms with E-state index < -0.39 is 0 Å². The van der Waals surface area contributed by atoms with E-state index in [-0.39, 0.29) is 6.03 Å². The number of anilines is 1. The van der Waals surface area contributed by atoms with E-state index in [1.807, 2.05) is 41.3 Å². The number of hydrogen-bond donors (Lipinski definition) is 1. The van der Waals surface area contributed by atoms with Gasteiger partial charge in [0.25, 0.3) is 0 Å². The molecule has 1 aliphatic rings. The lowest BCUT2D eigenvalue weighted by atomic mass is 10.1. The van der Waals surface area contributed by atoms with Crippen molar-refractivity contribution in [1.29, 1.82) is 0 Å². The summed E-state index contributed by atoms with van der Waals surface area (Å²) in [6.07, 6.45) is 1.00. The first-order valence-electron chi connectivity index (χ1n) is 9.23. The molecule has 0 aliphatic carbocycles. The lowest BCUT2D eigenvalue weighted by Crippen LogP contribution is -2.50. The average molecular weight is 369 g/mol. The normalized spacial score (nSPS) is 14.7. The summed E-state index contributed by atoms with van der Waals surface area (Å²) in [5.41, 5.74) is 2.08. The minimum Gasteiger partial charge on any atom is -0.497 e. The molecule has 144 valence electrons. The van der Waals surface area contributed by atoms with Crippen LogP contribution in [0.2, 0.25) is 0 Å². The fourth-order valence-corrected chi connectivity index (χ4v) is 3.13. The molecule has 0 atom stereocenters. The van der Waals surface area contributed by atoms with Crippen LogP contribution in [0, 0.1) is 0 Å². The van der Waals surface area contributed by atoms with Crippen molar-refractivity contribution in [2.24, 2.45) is 0 Å². The van der Waals surface area contributed by atoms with Gasteiger partial charge in [0.1, 0.15) is 11.5 Å². The van der Waals surface area contributed by atoms with Crippen molar-refractivity contribution < 1.29 is 14.3 Å². The van der Waals surface area contributed by atoms with Crippen molar-refractivity contribution in [3.63, 3.8) is 0 Å². The second-order valence-electron chi connectivity index (χ2n) is 6.59. The number of carbonyl (C=O) groups is 1. The van der Waals surface area contributed by atoms with Gasteiger partial charge in [0, 0.05) is 38.4 Å². The third-order valence-corrected chi connectivity index (χ3v) is 4.88. The number of amides is 2. The van der Waals surface area contributed by atoms with Crippen LogP contribution in [0.5, 0.6) is 11.5 Å². The SMILES string of the molecule is COc1ccc(CCN2CCN(C(=O)Nc3ccc(OC)cc3)CC2)cc1. The van der Waals surface area contributed by atoms with E-state index in [0.29, 0.717) is 0 Å². The van der Waals surface area contributed by atoms with E-state index in [0.717, 1.165) is 56.3 Å². The first-order chi connectivity index (χ1) is 13.2. The molecular formula is C21H27N3O3. The molecule has 2 amide bonds. The summed E-state index contributed by atoms with van der Waals surface area (Å²) >= 11 is 0. The monoisotopic (exact) mass is 369 g/mol. The van der Waals surface area contributed by atoms with Gasteiger partial charge in [0.15, 0.2) is 0 Å². The number of carbonyl (C=O) groups excluding carboxylic acids is 1. The van der Waals surface area contributed by atoms with Crippen LogP contribution < -0.4 is 14.8 Å². The molecule has 0 bridgehead atoms. The Morgan fingerprint density at radius 3 is 2.00 bits per heavy atom. The van der Waals surface area contributed by atoms with Crippen molar-refractivity contribution in [2.45, 2.75) is 6.42 Å². The van der Waals surface area contributed by atoms with Crippen molar-refractivity contribution >= 4 is 11.7 Å². The number of nitrogens with zero attached hydrogens (tertiary/aromatic N) is 2. The number of benzene rings is 2. The quantitative estimate of drug-likeness (QED) is 0.850. The first kappa shape index (κ1) is 19.0. The number of nitrogens with one attached hydrogen (secondary N) is 1. The second kappa shape index (κ2) is 9.28. The van der Waals surface area contributed by atoms with E-state index in [4.69, 9.17) is 9.47 Å². The molecule has 6 nitrogen and oxygen atoms in total. The Bertz CT molecular complexity index is 723. The van der Waals surface area contributed by atoms with Crippen molar-refractivity contribution in [1.82, 2.24) is 9.80 Å². The summed E-state index contributed by atoms with van der Waals surface area (Å²) < 4.78 is 10.3. The van der Waals surface area contributed by atoms with Gasteiger partial charge < -0.3 is 19.7 Å². The van der Waals surface area contributed by atoms with E-state index in [1.54, 1.807) is 14.2 Å². The van der Waals surface area contributed by atoms with Gasteiger partial charge in [-0.05, 0) is 48.4 Å². The average Bonchev–Trinajstić information content (AvgIpc) is 2.73. The molecule has 0 unspecified atom stereocenters. The number of rotatable bonds is 6. The summed E-state index contributed by atoms with van der Waals surface area (Å²) in [4.78, 5) is 16.7. The minimum atomic E-state index is -0.0463. The Kier molecular flexibility index (Phi) is 6.54. The lowest BCUT2D eigenvalue weighted by Gasteiger charge is -2.34. The van der Waals surface area contributed by atoms with Gasteiger partial charge in [-0.15, -0.1) is 0 Å². The van der Waals surface area contributed by atoms with Gasteiger partial charge in [-0.25, -0.2) is 4.79 Å². The summed E-state index contributed by atoms with van der Waals surface area (Å²) in [7, 11) is 3.31. The van der Waals surface area contributed by atoms with Gasteiger partial charge in [-0.3, -0.25) is 4.90 Å². The van der Waals surface area contributed by atoms with Crippen LogP contribution in [-0.2, 0) is 6.42 Å².